The van der Waals surface area contributed by atoms with Crippen molar-refractivity contribution in [2.24, 2.45) is 0 Å². The molecule has 1 aromatic rings. The summed E-state index contributed by atoms with van der Waals surface area (Å²) in [4.78, 5) is 21.1. The molecule has 17 heavy (non-hydrogen) atoms. The SMILES string of the molecule is O=C(O)CS(=O)(=O)Cc1ccccc1C(=O)O. The predicted octanol–water partition coefficient (Wildman–Crippen LogP) is 0.384. The van der Waals surface area contributed by atoms with Crippen LogP contribution in [-0.4, -0.2) is 36.3 Å². The number of aliphatic carboxylic acids is 1. The Morgan fingerprint density at radius 3 is 2.24 bits per heavy atom. The molecule has 0 amide bonds. The van der Waals surface area contributed by atoms with Gasteiger partial charge < -0.3 is 10.2 Å². The minimum atomic E-state index is -3.85. The molecule has 0 aromatic heterocycles. The van der Waals surface area contributed by atoms with Crippen molar-refractivity contribution in [2.75, 3.05) is 5.75 Å². The third-order valence-corrected chi connectivity index (χ3v) is 3.40. The molecule has 1 rings (SSSR count). The van der Waals surface area contributed by atoms with E-state index in [9.17, 15) is 18.0 Å². The van der Waals surface area contributed by atoms with Crippen LogP contribution in [0.5, 0.6) is 0 Å². The van der Waals surface area contributed by atoms with Gasteiger partial charge in [-0.3, -0.25) is 4.79 Å². The van der Waals surface area contributed by atoms with Gasteiger partial charge in [0.25, 0.3) is 0 Å². The van der Waals surface area contributed by atoms with Crippen LogP contribution in [0.4, 0.5) is 0 Å². The Bertz CT molecular complexity index is 546. The lowest BCUT2D eigenvalue weighted by molar-refractivity contribution is -0.134. The topological polar surface area (TPSA) is 109 Å². The van der Waals surface area contributed by atoms with E-state index in [-0.39, 0.29) is 11.1 Å². The number of rotatable bonds is 5. The highest BCUT2D eigenvalue weighted by atomic mass is 32.2. The fourth-order valence-electron chi connectivity index (χ4n) is 1.33. The molecular weight excluding hydrogens is 248 g/mol. The molecule has 0 radical (unpaired) electrons. The minimum Gasteiger partial charge on any atom is -0.480 e. The highest BCUT2D eigenvalue weighted by Gasteiger charge is 2.20. The zero-order chi connectivity index (χ0) is 13.1. The highest BCUT2D eigenvalue weighted by Crippen LogP contribution is 2.13. The normalized spacial score (nSPS) is 11.1. The number of carboxylic acids is 2. The average molecular weight is 258 g/mol. The predicted molar refractivity (Wildman–Crippen MR) is 58.5 cm³/mol. The van der Waals surface area contributed by atoms with Crippen LogP contribution in [0, 0.1) is 0 Å². The first-order valence-corrected chi connectivity index (χ1v) is 6.37. The molecule has 6 nitrogen and oxygen atoms in total. The maximum absolute atomic E-state index is 11.4. The quantitative estimate of drug-likeness (QED) is 0.790. The Hall–Kier alpha value is -1.89. The van der Waals surface area contributed by atoms with Crippen LogP contribution in [0.15, 0.2) is 24.3 Å². The van der Waals surface area contributed by atoms with Gasteiger partial charge in [-0.25, -0.2) is 13.2 Å². The fourth-order valence-corrected chi connectivity index (χ4v) is 2.53. The second-order valence-corrected chi connectivity index (χ2v) is 5.45. The largest absolute Gasteiger partial charge is 0.480 e. The van der Waals surface area contributed by atoms with Gasteiger partial charge in [0.2, 0.25) is 0 Å². The van der Waals surface area contributed by atoms with Gasteiger partial charge in [0, 0.05) is 0 Å². The van der Waals surface area contributed by atoms with Crippen molar-refractivity contribution in [1.82, 2.24) is 0 Å². The molecular formula is C10H10O6S. The van der Waals surface area contributed by atoms with Crippen molar-refractivity contribution in [3.8, 4) is 0 Å². The second-order valence-electron chi connectivity index (χ2n) is 3.39. The molecule has 7 heteroatoms. The summed E-state index contributed by atoms with van der Waals surface area (Å²) in [5, 5.41) is 17.2. The number of carboxylic acid groups (broad SMARTS) is 2. The first-order valence-electron chi connectivity index (χ1n) is 4.55. The summed E-state index contributed by atoms with van der Waals surface area (Å²) in [5.74, 6) is -4.31. The van der Waals surface area contributed by atoms with Crippen molar-refractivity contribution in [3.63, 3.8) is 0 Å². The monoisotopic (exact) mass is 258 g/mol. The van der Waals surface area contributed by atoms with Gasteiger partial charge in [0.05, 0.1) is 11.3 Å². The molecule has 0 heterocycles. The van der Waals surface area contributed by atoms with Crippen LogP contribution in [0.25, 0.3) is 0 Å². The molecule has 2 N–H and O–H groups in total. The number of hydrogen-bond donors (Lipinski definition) is 2. The average Bonchev–Trinajstić information content (AvgIpc) is 2.14. The van der Waals surface area contributed by atoms with Gasteiger partial charge in [-0.1, -0.05) is 18.2 Å². The first kappa shape index (κ1) is 13.2. The Kier molecular flexibility index (Phi) is 3.84. The minimum absolute atomic E-state index is 0.0845. The maximum Gasteiger partial charge on any atom is 0.335 e. The van der Waals surface area contributed by atoms with E-state index in [2.05, 4.69) is 0 Å². The Morgan fingerprint density at radius 1 is 1.12 bits per heavy atom. The molecule has 0 aliphatic carbocycles. The summed E-state index contributed by atoms with van der Waals surface area (Å²) in [7, 11) is -3.85. The van der Waals surface area contributed by atoms with Gasteiger partial charge in [-0.2, -0.15) is 0 Å². The molecule has 0 saturated carbocycles. The molecule has 0 bridgehead atoms. The van der Waals surface area contributed by atoms with E-state index < -0.39 is 33.3 Å². The van der Waals surface area contributed by atoms with E-state index in [1.54, 1.807) is 0 Å². The van der Waals surface area contributed by atoms with Crippen LogP contribution < -0.4 is 0 Å². The number of aromatic carboxylic acids is 1. The Labute approximate surface area is 97.4 Å². The summed E-state index contributed by atoms with van der Waals surface area (Å²) in [6, 6.07) is 5.59. The number of benzene rings is 1. The lowest BCUT2D eigenvalue weighted by Gasteiger charge is -2.05. The standard InChI is InChI=1S/C10H10O6S/c11-9(12)6-17(15,16)5-7-3-1-2-4-8(7)10(13)14/h1-4H,5-6H2,(H,11,12)(H,13,14). The van der Waals surface area contributed by atoms with E-state index in [0.717, 1.165) is 0 Å². The van der Waals surface area contributed by atoms with E-state index in [4.69, 9.17) is 10.2 Å². The lowest BCUT2D eigenvalue weighted by atomic mass is 10.1. The fraction of sp³-hybridized carbons (Fsp3) is 0.200. The van der Waals surface area contributed by atoms with Gasteiger partial charge in [0.15, 0.2) is 9.84 Å². The highest BCUT2D eigenvalue weighted by molar-refractivity contribution is 7.91. The van der Waals surface area contributed by atoms with Crippen molar-refractivity contribution < 1.29 is 28.2 Å². The molecule has 0 saturated heterocycles. The van der Waals surface area contributed by atoms with E-state index in [1.165, 1.54) is 24.3 Å². The van der Waals surface area contributed by atoms with E-state index >= 15 is 0 Å². The molecule has 1 aromatic carbocycles. The Morgan fingerprint density at radius 2 is 1.71 bits per heavy atom. The molecule has 0 aliphatic rings. The first-order chi connectivity index (χ1) is 7.82. The van der Waals surface area contributed by atoms with E-state index in [0.29, 0.717) is 0 Å². The molecule has 92 valence electrons. The van der Waals surface area contributed by atoms with Crippen LogP contribution in [0.1, 0.15) is 15.9 Å². The van der Waals surface area contributed by atoms with Crippen LogP contribution in [-0.2, 0) is 20.4 Å². The second kappa shape index (κ2) is 4.96. The lowest BCUT2D eigenvalue weighted by Crippen LogP contribution is -2.18. The smallest absolute Gasteiger partial charge is 0.335 e. The van der Waals surface area contributed by atoms with Gasteiger partial charge in [-0.05, 0) is 11.6 Å². The third-order valence-electron chi connectivity index (χ3n) is 1.97. The molecule has 0 aliphatic heterocycles. The molecule has 0 atom stereocenters. The Balaban J connectivity index is 3.04. The van der Waals surface area contributed by atoms with Crippen molar-refractivity contribution >= 4 is 21.8 Å². The summed E-state index contributed by atoms with van der Waals surface area (Å²) in [6.45, 7) is 0. The van der Waals surface area contributed by atoms with Crippen molar-refractivity contribution in [3.05, 3.63) is 35.4 Å². The van der Waals surface area contributed by atoms with E-state index in [1.807, 2.05) is 0 Å². The number of hydrogen-bond acceptors (Lipinski definition) is 4. The van der Waals surface area contributed by atoms with Crippen LogP contribution >= 0.6 is 0 Å². The number of carbonyl (C=O) groups is 2. The van der Waals surface area contributed by atoms with Crippen LogP contribution in [0.3, 0.4) is 0 Å². The zero-order valence-corrected chi connectivity index (χ0v) is 9.48. The molecule has 0 spiro atoms. The maximum atomic E-state index is 11.4. The summed E-state index contributed by atoms with van der Waals surface area (Å²) >= 11 is 0. The van der Waals surface area contributed by atoms with Gasteiger partial charge in [-0.15, -0.1) is 0 Å². The molecule has 0 unspecified atom stereocenters. The van der Waals surface area contributed by atoms with Crippen LogP contribution in [0.2, 0.25) is 0 Å². The van der Waals surface area contributed by atoms with Gasteiger partial charge in [0.1, 0.15) is 5.75 Å². The third kappa shape index (κ3) is 3.87. The summed E-state index contributed by atoms with van der Waals surface area (Å²) < 4.78 is 22.8. The van der Waals surface area contributed by atoms with Gasteiger partial charge >= 0.3 is 11.9 Å². The zero-order valence-electron chi connectivity index (χ0n) is 8.66. The summed E-state index contributed by atoms with van der Waals surface area (Å²) in [6.07, 6.45) is 0. The molecule has 0 fully saturated rings. The van der Waals surface area contributed by atoms with Crippen molar-refractivity contribution in [1.29, 1.82) is 0 Å². The summed E-state index contributed by atoms with van der Waals surface area (Å²) in [5.41, 5.74) is -0.0530. The number of sulfone groups is 1. The van der Waals surface area contributed by atoms with Crippen molar-refractivity contribution in [2.45, 2.75) is 5.75 Å².